The van der Waals surface area contributed by atoms with Gasteiger partial charge in [-0.3, -0.25) is 0 Å². The molecule has 0 aliphatic rings. The predicted octanol–water partition coefficient (Wildman–Crippen LogP) is 4.34. The number of para-hydroxylation sites is 1. The number of benzene rings is 2. The van der Waals surface area contributed by atoms with Crippen LogP contribution in [0.2, 0.25) is 5.02 Å². The lowest BCUT2D eigenvalue weighted by Crippen LogP contribution is -2.00. The Bertz CT molecular complexity index is 897. The summed E-state index contributed by atoms with van der Waals surface area (Å²) in [5, 5.41) is 13.6. The number of rotatable bonds is 2. The fourth-order valence-corrected chi connectivity index (χ4v) is 2.32. The molecule has 0 bridgehead atoms. The van der Waals surface area contributed by atoms with E-state index in [0.717, 1.165) is 12.1 Å². The molecule has 6 heteroatoms. The van der Waals surface area contributed by atoms with Crippen molar-refractivity contribution in [3.8, 4) is 23.0 Å². The lowest BCUT2D eigenvalue weighted by atomic mass is 10.1. The fourth-order valence-electron chi connectivity index (χ4n) is 2.10. The molecule has 0 N–H and O–H groups in total. The molecule has 0 fully saturated rings. The standard InChI is InChI=1S/C16H8ClF2N3/c17-12-3-1-2-4-15(12)22-16(8-11(9-20)21-22)10-5-6-13(18)14(19)7-10/h1-8H. The van der Waals surface area contributed by atoms with Crippen LogP contribution in [-0.4, -0.2) is 9.78 Å². The number of nitriles is 1. The fraction of sp³-hybridized carbons (Fsp3) is 0. The number of halogens is 3. The molecule has 3 aromatic rings. The predicted molar refractivity (Wildman–Crippen MR) is 78.6 cm³/mol. The Kier molecular flexibility index (Phi) is 3.61. The highest BCUT2D eigenvalue weighted by Gasteiger charge is 2.15. The van der Waals surface area contributed by atoms with Crippen molar-refractivity contribution in [2.24, 2.45) is 0 Å². The van der Waals surface area contributed by atoms with Crippen molar-refractivity contribution in [1.29, 1.82) is 5.26 Å². The van der Waals surface area contributed by atoms with Crippen LogP contribution in [-0.2, 0) is 0 Å². The van der Waals surface area contributed by atoms with E-state index in [9.17, 15) is 8.78 Å². The van der Waals surface area contributed by atoms with E-state index >= 15 is 0 Å². The van der Waals surface area contributed by atoms with Crippen molar-refractivity contribution in [3.63, 3.8) is 0 Å². The summed E-state index contributed by atoms with van der Waals surface area (Å²) in [7, 11) is 0. The first-order chi connectivity index (χ1) is 10.6. The highest BCUT2D eigenvalue weighted by molar-refractivity contribution is 6.32. The average Bonchev–Trinajstić information content (AvgIpc) is 2.94. The Hall–Kier alpha value is -2.71. The molecular formula is C16H8ClF2N3. The van der Waals surface area contributed by atoms with Gasteiger partial charge in [0.15, 0.2) is 17.3 Å². The molecule has 108 valence electrons. The van der Waals surface area contributed by atoms with Gasteiger partial charge >= 0.3 is 0 Å². The molecule has 0 amide bonds. The van der Waals surface area contributed by atoms with Crippen LogP contribution in [0, 0.1) is 23.0 Å². The lowest BCUT2D eigenvalue weighted by Gasteiger charge is -2.09. The molecule has 3 rings (SSSR count). The Morgan fingerprint density at radius 1 is 1.05 bits per heavy atom. The summed E-state index contributed by atoms with van der Waals surface area (Å²) >= 11 is 6.15. The van der Waals surface area contributed by atoms with E-state index in [1.54, 1.807) is 24.3 Å². The van der Waals surface area contributed by atoms with Gasteiger partial charge in [0.1, 0.15) is 6.07 Å². The first kappa shape index (κ1) is 14.2. The van der Waals surface area contributed by atoms with Crippen LogP contribution in [0.5, 0.6) is 0 Å². The Morgan fingerprint density at radius 3 is 2.50 bits per heavy atom. The third-order valence-corrected chi connectivity index (χ3v) is 3.44. The second-order valence-electron chi connectivity index (χ2n) is 4.52. The third-order valence-electron chi connectivity index (χ3n) is 3.12. The molecule has 22 heavy (non-hydrogen) atoms. The number of nitrogens with zero attached hydrogens (tertiary/aromatic N) is 3. The Balaban J connectivity index is 2.24. The van der Waals surface area contributed by atoms with Gasteiger partial charge in [-0.2, -0.15) is 10.4 Å². The SMILES string of the molecule is N#Cc1cc(-c2ccc(F)c(F)c2)n(-c2ccccc2Cl)n1. The summed E-state index contributed by atoms with van der Waals surface area (Å²) in [5.74, 6) is -1.91. The second kappa shape index (κ2) is 5.58. The first-order valence-corrected chi connectivity index (χ1v) is 6.68. The highest BCUT2D eigenvalue weighted by Crippen LogP contribution is 2.28. The summed E-state index contributed by atoms with van der Waals surface area (Å²) in [6, 6.07) is 13.9. The maximum absolute atomic E-state index is 13.5. The second-order valence-corrected chi connectivity index (χ2v) is 4.93. The molecule has 3 nitrogen and oxygen atoms in total. The minimum Gasteiger partial charge on any atom is -0.230 e. The van der Waals surface area contributed by atoms with Gasteiger partial charge in [-0.05, 0) is 30.3 Å². The van der Waals surface area contributed by atoms with E-state index in [1.807, 2.05) is 6.07 Å². The monoisotopic (exact) mass is 315 g/mol. The normalized spacial score (nSPS) is 10.5. The van der Waals surface area contributed by atoms with E-state index in [-0.39, 0.29) is 5.69 Å². The van der Waals surface area contributed by atoms with Gasteiger partial charge in [-0.15, -0.1) is 0 Å². The van der Waals surface area contributed by atoms with Gasteiger partial charge in [0.05, 0.1) is 16.4 Å². The van der Waals surface area contributed by atoms with Gasteiger partial charge in [-0.1, -0.05) is 23.7 Å². The van der Waals surface area contributed by atoms with Gasteiger partial charge in [0.25, 0.3) is 0 Å². The van der Waals surface area contributed by atoms with Gasteiger partial charge < -0.3 is 0 Å². The summed E-state index contributed by atoms with van der Waals surface area (Å²) in [6.07, 6.45) is 0. The third kappa shape index (κ3) is 2.45. The molecule has 2 aromatic carbocycles. The van der Waals surface area contributed by atoms with Gasteiger partial charge in [0.2, 0.25) is 0 Å². The van der Waals surface area contributed by atoms with Crippen LogP contribution in [0.25, 0.3) is 16.9 Å². The highest BCUT2D eigenvalue weighted by atomic mass is 35.5. The number of hydrogen-bond donors (Lipinski definition) is 0. The Morgan fingerprint density at radius 2 is 1.82 bits per heavy atom. The average molecular weight is 316 g/mol. The molecule has 0 spiro atoms. The van der Waals surface area contributed by atoms with E-state index in [4.69, 9.17) is 16.9 Å². The molecule has 1 aromatic heterocycles. The number of aromatic nitrogens is 2. The summed E-state index contributed by atoms with van der Waals surface area (Å²) in [6.45, 7) is 0. The van der Waals surface area contributed by atoms with Crippen molar-refractivity contribution in [3.05, 3.63) is 70.9 Å². The molecular weight excluding hydrogens is 308 g/mol. The van der Waals surface area contributed by atoms with Crippen LogP contribution in [0.3, 0.4) is 0 Å². The maximum Gasteiger partial charge on any atom is 0.163 e. The quantitative estimate of drug-likeness (QED) is 0.705. The first-order valence-electron chi connectivity index (χ1n) is 6.30. The van der Waals surface area contributed by atoms with E-state index < -0.39 is 11.6 Å². The van der Waals surface area contributed by atoms with Crippen LogP contribution in [0.15, 0.2) is 48.5 Å². The minimum atomic E-state index is -0.970. The Labute approximate surface area is 130 Å². The molecule has 1 heterocycles. The maximum atomic E-state index is 13.5. The lowest BCUT2D eigenvalue weighted by molar-refractivity contribution is 0.509. The summed E-state index contributed by atoms with van der Waals surface area (Å²) in [4.78, 5) is 0. The molecule has 0 saturated heterocycles. The summed E-state index contributed by atoms with van der Waals surface area (Å²) in [5.41, 5.74) is 1.54. The summed E-state index contributed by atoms with van der Waals surface area (Å²) < 4.78 is 28.0. The van der Waals surface area contributed by atoms with E-state index in [1.165, 1.54) is 16.8 Å². The van der Waals surface area contributed by atoms with E-state index in [2.05, 4.69) is 5.10 Å². The zero-order valence-electron chi connectivity index (χ0n) is 11.1. The molecule has 0 radical (unpaired) electrons. The topological polar surface area (TPSA) is 41.6 Å². The van der Waals surface area contributed by atoms with Crippen molar-refractivity contribution in [2.45, 2.75) is 0 Å². The van der Waals surface area contributed by atoms with Crippen LogP contribution < -0.4 is 0 Å². The molecule has 0 aliphatic carbocycles. The van der Waals surface area contributed by atoms with Crippen molar-refractivity contribution >= 4 is 11.6 Å². The molecule has 0 aliphatic heterocycles. The zero-order valence-corrected chi connectivity index (χ0v) is 11.9. The smallest absolute Gasteiger partial charge is 0.163 e. The van der Waals surface area contributed by atoms with Gasteiger partial charge in [0, 0.05) is 11.6 Å². The zero-order chi connectivity index (χ0) is 15.7. The van der Waals surface area contributed by atoms with Crippen LogP contribution >= 0.6 is 11.6 Å². The largest absolute Gasteiger partial charge is 0.230 e. The molecule has 0 saturated carbocycles. The van der Waals surface area contributed by atoms with Crippen LogP contribution in [0.4, 0.5) is 8.78 Å². The minimum absolute atomic E-state index is 0.152. The van der Waals surface area contributed by atoms with Crippen molar-refractivity contribution in [1.82, 2.24) is 9.78 Å². The van der Waals surface area contributed by atoms with Crippen molar-refractivity contribution in [2.75, 3.05) is 0 Å². The van der Waals surface area contributed by atoms with Gasteiger partial charge in [-0.25, -0.2) is 13.5 Å². The molecule has 0 unspecified atom stereocenters. The van der Waals surface area contributed by atoms with Crippen molar-refractivity contribution < 1.29 is 8.78 Å². The van der Waals surface area contributed by atoms with Crippen LogP contribution in [0.1, 0.15) is 5.69 Å². The molecule has 0 atom stereocenters. The van der Waals surface area contributed by atoms with E-state index in [0.29, 0.717) is 22.0 Å². The number of hydrogen-bond acceptors (Lipinski definition) is 2.